The van der Waals surface area contributed by atoms with Crippen molar-refractivity contribution >= 4 is 33.3 Å². The van der Waals surface area contributed by atoms with Crippen LogP contribution >= 0.6 is 11.6 Å². The number of carbonyl (C=O) groups excluding carboxylic acids is 1. The minimum Gasteiger partial charge on any atom is -0.369 e. The van der Waals surface area contributed by atoms with Crippen molar-refractivity contribution in [2.24, 2.45) is 15.1 Å². The summed E-state index contributed by atoms with van der Waals surface area (Å²) in [5, 5.41) is 0.433. The van der Waals surface area contributed by atoms with Crippen LogP contribution in [0.2, 0.25) is 5.02 Å². The molecule has 1 aromatic heterocycles. The van der Waals surface area contributed by atoms with E-state index in [-0.39, 0.29) is 35.2 Å². The first kappa shape index (κ1) is 22.2. The van der Waals surface area contributed by atoms with Crippen LogP contribution in [0.5, 0.6) is 0 Å². The lowest BCUT2D eigenvalue weighted by Gasteiger charge is -2.38. The van der Waals surface area contributed by atoms with Gasteiger partial charge in [-0.2, -0.15) is 0 Å². The molecule has 2 heterocycles. The molecular formula is C20H23ClFN5O2S. The second-order valence-electron chi connectivity index (χ2n) is 7.15. The Labute approximate surface area is 180 Å². The van der Waals surface area contributed by atoms with E-state index in [4.69, 9.17) is 17.3 Å². The zero-order valence-corrected chi connectivity index (χ0v) is 18.5. The number of hydrogen-bond donors (Lipinski definition) is 1. The summed E-state index contributed by atoms with van der Waals surface area (Å²) >= 11 is 5.81. The number of ketones is 1. The number of guanidine groups is 1. The van der Waals surface area contributed by atoms with E-state index in [0.29, 0.717) is 17.1 Å². The van der Waals surface area contributed by atoms with Gasteiger partial charge in [0.2, 0.25) is 5.96 Å². The zero-order valence-electron chi connectivity index (χ0n) is 16.9. The molecule has 3 rings (SSSR count). The summed E-state index contributed by atoms with van der Waals surface area (Å²) in [6.07, 6.45) is 1.42. The van der Waals surface area contributed by atoms with Gasteiger partial charge >= 0.3 is 0 Å². The number of hydrogen-bond acceptors (Lipinski definition) is 6. The molecule has 2 atom stereocenters. The maximum Gasteiger partial charge on any atom is 0.204 e. The van der Waals surface area contributed by atoms with Gasteiger partial charge in [0.15, 0.2) is 5.78 Å². The van der Waals surface area contributed by atoms with Gasteiger partial charge < -0.3 is 5.73 Å². The number of benzene rings is 1. The first-order valence-corrected chi connectivity index (χ1v) is 11.3. The summed E-state index contributed by atoms with van der Waals surface area (Å²) in [7, 11) is -1.42. The highest BCUT2D eigenvalue weighted by Gasteiger charge is 2.41. The van der Waals surface area contributed by atoms with Gasteiger partial charge in [-0.3, -0.25) is 14.1 Å². The van der Waals surface area contributed by atoms with Gasteiger partial charge in [0.1, 0.15) is 27.0 Å². The third-order valence-electron chi connectivity index (χ3n) is 4.99. The van der Waals surface area contributed by atoms with E-state index in [9.17, 15) is 13.4 Å². The van der Waals surface area contributed by atoms with Crippen molar-refractivity contribution in [3.8, 4) is 0 Å². The van der Waals surface area contributed by atoms with Crippen LogP contribution in [0.3, 0.4) is 0 Å². The molecule has 0 saturated heterocycles. The Morgan fingerprint density at radius 2 is 2.13 bits per heavy atom. The Bertz CT molecular complexity index is 1130. The molecule has 7 nitrogen and oxygen atoms in total. The lowest BCUT2D eigenvalue weighted by molar-refractivity contribution is 0.0988. The molecule has 1 unspecified atom stereocenters. The quantitative estimate of drug-likeness (QED) is 0.705. The number of rotatable bonds is 5. The lowest BCUT2D eigenvalue weighted by atomic mass is 9.91. The van der Waals surface area contributed by atoms with Crippen LogP contribution in [0.15, 0.2) is 45.9 Å². The van der Waals surface area contributed by atoms with E-state index in [1.807, 2.05) is 0 Å². The fourth-order valence-electron chi connectivity index (χ4n) is 3.51. The number of aliphatic imine (C=N–C) groups is 1. The Hall–Kier alpha value is -2.52. The summed E-state index contributed by atoms with van der Waals surface area (Å²) in [6, 6.07) is 7.51. The fourth-order valence-corrected chi connectivity index (χ4v) is 5.79. The number of nitrogens with zero attached hydrogens (tertiary/aromatic N) is 4. The summed E-state index contributed by atoms with van der Waals surface area (Å²) < 4.78 is 33.6. The molecule has 0 fully saturated rings. The van der Waals surface area contributed by atoms with E-state index < -0.39 is 21.3 Å². The summed E-state index contributed by atoms with van der Waals surface area (Å²) in [5.41, 5.74) is 5.93. The largest absolute Gasteiger partial charge is 0.369 e. The van der Waals surface area contributed by atoms with Gasteiger partial charge in [-0.25, -0.2) is 18.0 Å². The minimum atomic E-state index is -2.88. The first-order chi connectivity index (χ1) is 14.1. The average molecular weight is 452 g/mol. The number of carbonyl (C=O) groups is 1. The molecule has 1 aliphatic heterocycles. The van der Waals surface area contributed by atoms with Crippen molar-refractivity contribution in [3.63, 3.8) is 0 Å². The molecule has 0 saturated carbocycles. The maximum atomic E-state index is 14.8. The highest BCUT2D eigenvalue weighted by molar-refractivity contribution is 7.92. The zero-order chi connectivity index (χ0) is 22.1. The van der Waals surface area contributed by atoms with Crippen molar-refractivity contribution in [2.75, 3.05) is 19.3 Å². The normalized spacial score (nSPS) is 23.8. The van der Waals surface area contributed by atoms with Crippen LogP contribution in [0.25, 0.3) is 0 Å². The van der Waals surface area contributed by atoms with Gasteiger partial charge in [0.05, 0.1) is 10.8 Å². The molecule has 30 heavy (non-hydrogen) atoms. The highest BCUT2D eigenvalue weighted by Crippen LogP contribution is 2.35. The second-order valence-corrected chi connectivity index (χ2v) is 9.89. The molecule has 1 aromatic carbocycles. The van der Waals surface area contributed by atoms with Crippen LogP contribution in [0, 0.1) is 5.82 Å². The average Bonchev–Trinajstić information content (AvgIpc) is 2.69. The summed E-state index contributed by atoms with van der Waals surface area (Å²) in [5.74, 6) is -0.714. The van der Waals surface area contributed by atoms with Crippen molar-refractivity contribution in [1.29, 1.82) is 0 Å². The van der Waals surface area contributed by atoms with E-state index >= 15 is 0 Å². The number of Topliss-reactive ketones (excluding diaryl/α,β-unsaturated/α-hetero) is 1. The number of nitrogens with two attached hydrogens (primary N) is 1. The smallest absolute Gasteiger partial charge is 0.204 e. The summed E-state index contributed by atoms with van der Waals surface area (Å²) in [4.78, 5) is 21.0. The predicted octanol–water partition coefficient (Wildman–Crippen LogP) is 3.18. The van der Waals surface area contributed by atoms with Crippen LogP contribution in [-0.2, 0) is 21.9 Å². The predicted molar refractivity (Wildman–Crippen MR) is 116 cm³/mol. The maximum absolute atomic E-state index is 14.8. The molecule has 0 radical (unpaired) electrons. The number of halogens is 2. The topological polar surface area (TPSA) is 101 Å². The molecule has 2 aromatic rings. The van der Waals surface area contributed by atoms with Crippen LogP contribution < -0.4 is 5.73 Å². The third-order valence-corrected chi connectivity index (χ3v) is 7.86. The number of aromatic nitrogens is 1. The Kier molecular flexibility index (Phi) is 6.14. The van der Waals surface area contributed by atoms with Gasteiger partial charge in [0, 0.05) is 31.8 Å². The van der Waals surface area contributed by atoms with Crippen LogP contribution in [-0.4, -0.2) is 44.6 Å². The standard InChI is InChI=1S/C20H23ClFN5O2S/c1-4-27-19(23)26-20(2,12-30(27,29)24-3)15-9-13(5-7-16(15)22)10-18(28)17-8-6-14(21)11-25-17/h5-9,11H,4,10,12H2,1-3H3,(H2,23,26)/t20-,30?/m0/s1. The van der Waals surface area contributed by atoms with Crippen molar-refractivity contribution in [2.45, 2.75) is 25.8 Å². The Morgan fingerprint density at radius 3 is 2.73 bits per heavy atom. The Morgan fingerprint density at radius 1 is 1.40 bits per heavy atom. The SMILES string of the molecule is CCN1C(N)=N[C@](C)(c2cc(CC(=O)c3ccc(Cl)cn3)ccc2F)CS1(=O)=NC. The van der Waals surface area contributed by atoms with E-state index in [1.165, 1.54) is 29.7 Å². The van der Waals surface area contributed by atoms with Gasteiger partial charge in [-0.15, -0.1) is 0 Å². The monoisotopic (exact) mass is 451 g/mol. The van der Waals surface area contributed by atoms with Gasteiger partial charge in [-0.1, -0.05) is 17.7 Å². The lowest BCUT2D eigenvalue weighted by Crippen LogP contribution is -2.52. The third kappa shape index (κ3) is 4.17. The first-order valence-electron chi connectivity index (χ1n) is 9.31. The van der Waals surface area contributed by atoms with Crippen LogP contribution in [0.4, 0.5) is 4.39 Å². The van der Waals surface area contributed by atoms with Crippen molar-refractivity contribution < 1.29 is 13.4 Å². The van der Waals surface area contributed by atoms with Gasteiger partial charge in [0.25, 0.3) is 0 Å². The number of pyridine rings is 1. The molecule has 10 heteroatoms. The molecular weight excluding hydrogens is 429 g/mol. The molecule has 2 N–H and O–H groups in total. The van der Waals surface area contributed by atoms with Gasteiger partial charge in [-0.05, 0) is 43.7 Å². The van der Waals surface area contributed by atoms with E-state index in [1.54, 1.807) is 32.0 Å². The molecule has 0 aliphatic carbocycles. The molecule has 0 bridgehead atoms. The molecule has 0 amide bonds. The molecule has 1 aliphatic rings. The van der Waals surface area contributed by atoms with Crippen LogP contribution in [0.1, 0.15) is 35.5 Å². The highest BCUT2D eigenvalue weighted by atomic mass is 35.5. The minimum absolute atomic E-state index is 0.0158. The fraction of sp³-hybridized carbons (Fsp3) is 0.350. The molecule has 160 valence electrons. The Balaban J connectivity index is 1.99. The summed E-state index contributed by atoms with van der Waals surface area (Å²) in [6.45, 7) is 3.84. The van der Waals surface area contributed by atoms with E-state index in [2.05, 4.69) is 14.3 Å². The second kappa shape index (κ2) is 8.31. The van der Waals surface area contributed by atoms with Crippen molar-refractivity contribution in [3.05, 3.63) is 64.2 Å². The molecule has 0 spiro atoms. The van der Waals surface area contributed by atoms with Crippen molar-refractivity contribution in [1.82, 2.24) is 9.29 Å². The van der Waals surface area contributed by atoms with E-state index in [0.717, 1.165) is 0 Å².